The molecule has 1 heterocycles. The van der Waals surface area contributed by atoms with Crippen LogP contribution in [0.3, 0.4) is 0 Å². The van der Waals surface area contributed by atoms with Crippen molar-refractivity contribution >= 4 is 33.3 Å². The topological polar surface area (TPSA) is 77.0 Å². The van der Waals surface area contributed by atoms with Crippen LogP contribution >= 0.6 is 11.6 Å². The zero-order valence-electron chi connectivity index (χ0n) is 17.3. The molecule has 2 N–H and O–H groups in total. The van der Waals surface area contributed by atoms with Crippen molar-refractivity contribution < 1.29 is 8.42 Å². The van der Waals surface area contributed by atoms with Gasteiger partial charge in [-0.3, -0.25) is 0 Å². The lowest BCUT2D eigenvalue weighted by Crippen LogP contribution is -2.52. The van der Waals surface area contributed by atoms with Crippen molar-refractivity contribution in [1.29, 1.82) is 0 Å². The van der Waals surface area contributed by atoms with Gasteiger partial charge in [-0.05, 0) is 43.8 Å². The van der Waals surface area contributed by atoms with E-state index >= 15 is 0 Å². The Kier molecular flexibility index (Phi) is 7.58. The van der Waals surface area contributed by atoms with Crippen LogP contribution in [0.4, 0.5) is 5.69 Å². The summed E-state index contributed by atoms with van der Waals surface area (Å²) >= 11 is 6.34. The highest BCUT2D eigenvalue weighted by molar-refractivity contribution is 7.89. The number of rotatable bonds is 6. The molecular weight excluding hydrogens is 422 g/mol. The van der Waals surface area contributed by atoms with E-state index in [1.807, 2.05) is 25.1 Å². The van der Waals surface area contributed by atoms with E-state index in [0.29, 0.717) is 6.54 Å². The van der Waals surface area contributed by atoms with Crippen LogP contribution in [0.5, 0.6) is 0 Å². The van der Waals surface area contributed by atoms with Crippen LogP contribution in [-0.4, -0.2) is 59.0 Å². The Bertz CT molecular complexity index is 971. The first-order chi connectivity index (χ1) is 14.4. The second kappa shape index (κ2) is 10.1. The number of nitrogens with zero attached hydrogens (tertiary/aromatic N) is 3. The smallest absolute Gasteiger partial charge is 0.240 e. The summed E-state index contributed by atoms with van der Waals surface area (Å²) in [7, 11) is -2.02. The van der Waals surface area contributed by atoms with Gasteiger partial charge in [0, 0.05) is 32.7 Å². The quantitative estimate of drug-likeness (QED) is 0.523. The van der Waals surface area contributed by atoms with E-state index in [1.165, 1.54) is 7.05 Å². The third-order valence-electron chi connectivity index (χ3n) is 5.02. The number of benzene rings is 2. The molecule has 0 bridgehead atoms. The maximum atomic E-state index is 11.9. The third kappa shape index (κ3) is 5.44. The zero-order valence-corrected chi connectivity index (χ0v) is 18.9. The standard InChI is InChI=1S/C21H28ClN5O2S/c1-3-24-21(25-16-17-8-10-18(11-9-17)30(28,29)23-2)27-14-12-26(13-15-27)20-7-5-4-6-19(20)22/h4-11,23H,3,12-16H2,1-2H3,(H,24,25). The number of hydrogen-bond donors (Lipinski definition) is 2. The van der Waals surface area contributed by atoms with E-state index in [0.717, 1.165) is 55.0 Å². The number of aliphatic imine (C=N–C) groups is 1. The largest absolute Gasteiger partial charge is 0.367 e. The minimum Gasteiger partial charge on any atom is -0.367 e. The summed E-state index contributed by atoms with van der Waals surface area (Å²) in [6, 6.07) is 14.7. The summed E-state index contributed by atoms with van der Waals surface area (Å²) in [6.07, 6.45) is 0. The van der Waals surface area contributed by atoms with Crippen LogP contribution in [0.1, 0.15) is 12.5 Å². The molecule has 2 aromatic rings. The molecule has 9 heteroatoms. The van der Waals surface area contributed by atoms with Gasteiger partial charge in [-0.15, -0.1) is 0 Å². The summed E-state index contributed by atoms with van der Waals surface area (Å²) in [4.78, 5) is 9.55. The predicted octanol–water partition coefficient (Wildman–Crippen LogP) is 2.54. The third-order valence-corrected chi connectivity index (χ3v) is 6.77. The molecule has 30 heavy (non-hydrogen) atoms. The molecule has 0 amide bonds. The average molecular weight is 450 g/mol. The Morgan fingerprint density at radius 3 is 2.33 bits per heavy atom. The van der Waals surface area contributed by atoms with Gasteiger partial charge in [0.2, 0.25) is 10.0 Å². The molecule has 0 aromatic heterocycles. The van der Waals surface area contributed by atoms with Crippen LogP contribution in [-0.2, 0) is 16.6 Å². The second-order valence-electron chi connectivity index (χ2n) is 6.95. The highest BCUT2D eigenvalue weighted by Crippen LogP contribution is 2.26. The van der Waals surface area contributed by atoms with Gasteiger partial charge in [-0.1, -0.05) is 35.9 Å². The van der Waals surface area contributed by atoms with Gasteiger partial charge >= 0.3 is 0 Å². The molecule has 3 rings (SSSR count). The van der Waals surface area contributed by atoms with Crippen LogP contribution in [0.15, 0.2) is 58.4 Å². The Labute approximate surface area is 183 Å². The highest BCUT2D eigenvalue weighted by atomic mass is 35.5. The summed E-state index contributed by atoms with van der Waals surface area (Å²) in [5.41, 5.74) is 2.02. The van der Waals surface area contributed by atoms with E-state index in [1.54, 1.807) is 24.3 Å². The number of hydrogen-bond acceptors (Lipinski definition) is 4. The summed E-state index contributed by atoms with van der Waals surface area (Å²) < 4.78 is 26.0. The Morgan fingerprint density at radius 1 is 1.07 bits per heavy atom. The minimum atomic E-state index is -3.42. The first kappa shape index (κ1) is 22.4. The van der Waals surface area contributed by atoms with E-state index < -0.39 is 10.0 Å². The fourth-order valence-corrected chi connectivity index (χ4v) is 4.34. The van der Waals surface area contributed by atoms with E-state index in [-0.39, 0.29) is 4.90 Å². The molecule has 0 spiro atoms. The van der Waals surface area contributed by atoms with Crippen LogP contribution < -0.4 is 14.9 Å². The molecule has 0 aliphatic carbocycles. The average Bonchev–Trinajstić information content (AvgIpc) is 2.77. The van der Waals surface area contributed by atoms with Gasteiger partial charge in [-0.25, -0.2) is 18.1 Å². The first-order valence-electron chi connectivity index (χ1n) is 10.00. The second-order valence-corrected chi connectivity index (χ2v) is 9.24. The summed E-state index contributed by atoms with van der Waals surface area (Å²) in [6.45, 7) is 6.73. The minimum absolute atomic E-state index is 0.250. The maximum Gasteiger partial charge on any atom is 0.240 e. The van der Waals surface area contributed by atoms with Gasteiger partial charge in [-0.2, -0.15) is 0 Å². The number of piperazine rings is 1. The van der Waals surface area contributed by atoms with Crippen molar-refractivity contribution in [2.75, 3.05) is 44.7 Å². The lowest BCUT2D eigenvalue weighted by Gasteiger charge is -2.38. The molecule has 162 valence electrons. The number of guanidine groups is 1. The Morgan fingerprint density at radius 2 is 1.73 bits per heavy atom. The van der Waals surface area contributed by atoms with Crippen molar-refractivity contribution in [2.45, 2.75) is 18.4 Å². The molecule has 0 saturated carbocycles. The highest BCUT2D eigenvalue weighted by Gasteiger charge is 2.21. The zero-order chi connectivity index (χ0) is 21.6. The van der Waals surface area contributed by atoms with Crippen LogP contribution in [0, 0.1) is 0 Å². The van der Waals surface area contributed by atoms with Crippen molar-refractivity contribution in [1.82, 2.24) is 14.9 Å². The fraction of sp³-hybridized carbons (Fsp3) is 0.381. The van der Waals surface area contributed by atoms with Gasteiger partial charge in [0.25, 0.3) is 0 Å². The molecule has 0 unspecified atom stereocenters. The van der Waals surface area contributed by atoms with Crippen LogP contribution in [0.25, 0.3) is 0 Å². The summed E-state index contributed by atoms with van der Waals surface area (Å²) in [5.74, 6) is 0.864. The maximum absolute atomic E-state index is 11.9. The lowest BCUT2D eigenvalue weighted by molar-refractivity contribution is 0.372. The van der Waals surface area contributed by atoms with Gasteiger partial charge in [0.1, 0.15) is 0 Å². The van der Waals surface area contributed by atoms with Gasteiger partial charge in [0.15, 0.2) is 5.96 Å². The SMILES string of the molecule is CCNC(=NCc1ccc(S(=O)(=O)NC)cc1)N1CCN(c2ccccc2Cl)CC1. The van der Waals surface area contributed by atoms with Crippen molar-refractivity contribution in [3.8, 4) is 0 Å². The molecular formula is C21H28ClN5O2S. The van der Waals surface area contributed by atoms with Crippen molar-refractivity contribution in [3.63, 3.8) is 0 Å². The summed E-state index contributed by atoms with van der Waals surface area (Å²) in [5, 5.41) is 4.13. The van der Waals surface area contributed by atoms with Crippen molar-refractivity contribution in [2.24, 2.45) is 4.99 Å². The first-order valence-corrected chi connectivity index (χ1v) is 11.9. The van der Waals surface area contributed by atoms with Crippen LogP contribution in [0.2, 0.25) is 5.02 Å². The van der Waals surface area contributed by atoms with Gasteiger partial charge < -0.3 is 15.1 Å². The number of halogens is 1. The number of nitrogens with one attached hydrogen (secondary N) is 2. The molecule has 1 aliphatic rings. The molecule has 7 nitrogen and oxygen atoms in total. The number of anilines is 1. The van der Waals surface area contributed by atoms with E-state index in [2.05, 4.69) is 25.9 Å². The Hall–Kier alpha value is -2.29. The number of sulfonamides is 1. The molecule has 0 atom stereocenters. The fourth-order valence-electron chi connectivity index (χ4n) is 3.35. The lowest BCUT2D eigenvalue weighted by atomic mass is 10.2. The molecule has 2 aromatic carbocycles. The normalized spacial score (nSPS) is 15.4. The van der Waals surface area contributed by atoms with Gasteiger partial charge in [0.05, 0.1) is 22.2 Å². The van der Waals surface area contributed by atoms with E-state index in [9.17, 15) is 8.42 Å². The van der Waals surface area contributed by atoms with Crippen molar-refractivity contribution in [3.05, 3.63) is 59.1 Å². The molecule has 0 radical (unpaired) electrons. The molecule has 1 fully saturated rings. The molecule has 1 aliphatic heterocycles. The molecule has 1 saturated heterocycles. The van der Waals surface area contributed by atoms with E-state index in [4.69, 9.17) is 16.6 Å². The predicted molar refractivity (Wildman–Crippen MR) is 123 cm³/mol. The number of para-hydroxylation sites is 1. The monoisotopic (exact) mass is 449 g/mol. The Balaban J connectivity index is 1.65.